The van der Waals surface area contributed by atoms with Crippen molar-refractivity contribution in [1.29, 1.82) is 0 Å². The number of nitrogens with two attached hydrogens (primary N) is 2. The normalized spacial score (nSPS) is 11.6. The minimum Gasteiger partial charge on any atom is -0.481 e. The summed E-state index contributed by atoms with van der Waals surface area (Å²) >= 11 is 0. The number of aromatic nitrogens is 5. The number of ether oxygens (including phenoxy) is 1. The van der Waals surface area contributed by atoms with Crippen LogP contribution in [0.25, 0.3) is 38.7 Å². The van der Waals surface area contributed by atoms with Crippen LogP contribution in [-0.4, -0.2) is 37.5 Å². The third-order valence-electron chi connectivity index (χ3n) is 6.24. The summed E-state index contributed by atoms with van der Waals surface area (Å²) in [5, 5.41) is 0.987. The quantitative estimate of drug-likeness (QED) is 0.298. The van der Waals surface area contributed by atoms with E-state index in [1.807, 2.05) is 48.5 Å². The Morgan fingerprint density at radius 1 is 1.00 bits per heavy atom. The number of nitrogens with zero attached hydrogens (tertiary/aromatic N) is 3. The zero-order valence-electron chi connectivity index (χ0n) is 19.0. The van der Waals surface area contributed by atoms with E-state index >= 15 is 0 Å². The molecular weight excluding hydrogens is 442 g/mol. The number of aromatic amines is 2. The van der Waals surface area contributed by atoms with Crippen molar-refractivity contribution >= 4 is 38.9 Å². The van der Waals surface area contributed by atoms with Gasteiger partial charge in [0.25, 0.3) is 0 Å². The molecule has 0 fully saturated rings. The van der Waals surface area contributed by atoms with Gasteiger partial charge < -0.3 is 26.2 Å². The first-order valence-corrected chi connectivity index (χ1v) is 11.2. The maximum Gasteiger partial charge on any atom is 0.248 e. The van der Waals surface area contributed by atoms with Crippen LogP contribution < -0.4 is 16.2 Å². The van der Waals surface area contributed by atoms with Crippen molar-refractivity contribution in [2.45, 2.75) is 13.0 Å². The highest BCUT2D eigenvalue weighted by Gasteiger charge is 2.22. The number of methoxy groups -OCH3 is 1. The van der Waals surface area contributed by atoms with Crippen LogP contribution in [-0.2, 0) is 13.0 Å². The fraction of sp³-hybridized carbons (Fsp3) is 0.115. The molecule has 35 heavy (non-hydrogen) atoms. The van der Waals surface area contributed by atoms with Gasteiger partial charge in [-0.3, -0.25) is 9.36 Å². The first kappa shape index (κ1) is 20.9. The van der Waals surface area contributed by atoms with Gasteiger partial charge in [0.2, 0.25) is 11.8 Å². The fourth-order valence-electron chi connectivity index (χ4n) is 4.59. The average Bonchev–Trinajstić information content (AvgIpc) is 3.54. The molecule has 0 saturated heterocycles. The molecule has 1 amide bonds. The molecule has 0 bridgehead atoms. The lowest BCUT2D eigenvalue weighted by Gasteiger charge is -2.10. The molecule has 0 aliphatic heterocycles. The molecule has 0 aliphatic rings. The van der Waals surface area contributed by atoms with E-state index in [4.69, 9.17) is 26.2 Å². The van der Waals surface area contributed by atoms with Crippen LogP contribution >= 0.6 is 0 Å². The number of nitrogens with one attached hydrogen (secondary N) is 2. The summed E-state index contributed by atoms with van der Waals surface area (Å²) in [6.45, 7) is 0.461. The number of carbonyl (C=O) groups excluding carboxylic acids is 1. The number of benzene rings is 3. The third-order valence-corrected chi connectivity index (χ3v) is 6.24. The lowest BCUT2D eigenvalue weighted by Crippen LogP contribution is -2.10. The second kappa shape index (κ2) is 8.00. The molecule has 0 spiro atoms. The average molecular weight is 466 g/mol. The van der Waals surface area contributed by atoms with Crippen molar-refractivity contribution in [2.75, 3.05) is 7.11 Å². The van der Waals surface area contributed by atoms with Crippen LogP contribution in [0.5, 0.6) is 5.88 Å². The van der Waals surface area contributed by atoms with E-state index in [0.29, 0.717) is 29.9 Å². The van der Waals surface area contributed by atoms with Gasteiger partial charge in [0, 0.05) is 17.5 Å². The minimum atomic E-state index is -0.499. The van der Waals surface area contributed by atoms with Crippen molar-refractivity contribution in [3.63, 3.8) is 0 Å². The van der Waals surface area contributed by atoms with Crippen molar-refractivity contribution < 1.29 is 9.53 Å². The van der Waals surface area contributed by atoms with Crippen molar-refractivity contribution in [1.82, 2.24) is 24.5 Å². The van der Waals surface area contributed by atoms with E-state index in [0.717, 1.165) is 50.4 Å². The van der Waals surface area contributed by atoms with Crippen LogP contribution in [0.4, 0.5) is 0 Å². The molecule has 174 valence electrons. The molecule has 0 unspecified atom stereocenters. The SMILES string of the molecule is COc1[nH]c2ccccc2c1-n1c(Cc2nc3ccc(CN)cc3[nH]2)nc2cc(C(N)=O)ccc21. The molecule has 3 aromatic carbocycles. The molecule has 9 nitrogen and oxygen atoms in total. The van der Waals surface area contributed by atoms with Gasteiger partial charge in [-0.2, -0.15) is 0 Å². The molecule has 9 heteroatoms. The number of hydrogen-bond acceptors (Lipinski definition) is 5. The van der Waals surface area contributed by atoms with Gasteiger partial charge in [-0.05, 0) is 42.0 Å². The molecule has 3 aromatic heterocycles. The Kier molecular flexibility index (Phi) is 4.78. The molecule has 6 aromatic rings. The molecule has 6 rings (SSSR count). The number of H-pyrrole nitrogens is 2. The zero-order valence-corrected chi connectivity index (χ0v) is 19.0. The van der Waals surface area contributed by atoms with E-state index in [-0.39, 0.29) is 0 Å². The van der Waals surface area contributed by atoms with Gasteiger partial charge in [0.1, 0.15) is 17.3 Å². The lowest BCUT2D eigenvalue weighted by molar-refractivity contribution is 0.100. The molecule has 0 aliphatic carbocycles. The van der Waals surface area contributed by atoms with Crippen LogP contribution in [0.1, 0.15) is 27.6 Å². The molecule has 3 heterocycles. The van der Waals surface area contributed by atoms with Crippen molar-refractivity contribution in [2.24, 2.45) is 11.5 Å². The Hall–Kier alpha value is -4.63. The predicted octanol–water partition coefficient (Wildman–Crippen LogP) is 3.54. The summed E-state index contributed by atoms with van der Waals surface area (Å²) in [5.74, 6) is 1.62. The Morgan fingerprint density at radius 2 is 1.86 bits per heavy atom. The Balaban J connectivity index is 1.58. The van der Waals surface area contributed by atoms with E-state index < -0.39 is 5.91 Å². The summed E-state index contributed by atoms with van der Waals surface area (Å²) in [6, 6.07) is 19.2. The lowest BCUT2D eigenvalue weighted by atomic mass is 10.2. The number of para-hydroxylation sites is 1. The highest BCUT2D eigenvalue weighted by molar-refractivity contribution is 5.98. The van der Waals surface area contributed by atoms with E-state index in [2.05, 4.69) is 14.5 Å². The van der Waals surface area contributed by atoms with Gasteiger partial charge in [0.15, 0.2) is 0 Å². The number of rotatable bonds is 6. The monoisotopic (exact) mass is 465 g/mol. The van der Waals surface area contributed by atoms with Gasteiger partial charge >= 0.3 is 0 Å². The standard InChI is InChI=1S/C26H23N7O2/c1-35-26-24(16-4-2-3-5-17(16)32-26)33-21-9-7-15(25(28)34)11-20(21)31-23(33)12-22-29-18-8-6-14(13-27)10-19(18)30-22/h2-11,32H,12-13,27H2,1H3,(H2,28,34)(H,29,30). The Morgan fingerprint density at radius 3 is 2.66 bits per heavy atom. The van der Waals surface area contributed by atoms with Gasteiger partial charge in [-0.1, -0.05) is 24.3 Å². The number of primary amides is 1. The fourth-order valence-corrected chi connectivity index (χ4v) is 4.59. The van der Waals surface area contributed by atoms with Crippen molar-refractivity contribution in [3.8, 4) is 11.6 Å². The second-order valence-corrected chi connectivity index (χ2v) is 8.40. The van der Waals surface area contributed by atoms with Crippen LogP contribution in [0, 0.1) is 0 Å². The largest absolute Gasteiger partial charge is 0.481 e. The maximum atomic E-state index is 11.8. The molecule has 0 radical (unpaired) electrons. The van der Waals surface area contributed by atoms with Crippen LogP contribution in [0.3, 0.4) is 0 Å². The predicted molar refractivity (Wildman–Crippen MR) is 135 cm³/mol. The molecule has 0 atom stereocenters. The van der Waals surface area contributed by atoms with Crippen molar-refractivity contribution in [3.05, 3.63) is 83.4 Å². The topological polar surface area (TPSA) is 141 Å². The van der Waals surface area contributed by atoms with Gasteiger partial charge in [-0.25, -0.2) is 9.97 Å². The number of carbonyl (C=O) groups is 1. The zero-order chi connectivity index (χ0) is 24.1. The Labute approximate surface area is 199 Å². The second-order valence-electron chi connectivity index (χ2n) is 8.40. The van der Waals surface area contributed by atoms with Gasteiger partial charge in [-0.15, -0.1) is 0 Å². The summed E-state index contributed by atoms with van der Waals surface area (Å²) in [4.78, 5) is 28.2. The van der Waals surface area contributed by atoms with E-state index in [1.165, 1.54) is 0 Å². The first-order valence-electron chi connectivity index (χ1n) is 11.2. The smallest absolute Gasteiger partial charge is 0.248 e. The molecule has 0 saturated carbocycles. The molecule has 6 N–H and O–H groups in total. The van der Waals surface area contributed by atoms with Crippen LogP contribution in [0.15, 0.2) is 60.7 Å². The maximum absolute atomic E-state index is 11.8. The third kappa shape index (κ3) is 3.41. The highest BCUT2D eigenvalue weighted by atomic mass is 16.5. The summed E-state index contributed by atoms with van der Waals surface area (Å²) in [6.07, 6.45) is 0.426. The summed E-state index contributed by atoms with van der Waals surface area (Å²) in [5.41, 5.74) is 17.8. The molecular formula is C26H23N7O2. The minimum absolute atomic E-state index is 0.401. The number of hydrogen-bond donors (Lipinski definition) is 4. The van der Waals surface area contributed by atoms with E-state index in [9.17, 15) is 4.79 Å². The van der Waals surface area contributed by atoms with E-state index in [1.54, 1.807) is 19.2 Å². The number of fused-ring (bicyclic) bond motifs is 3. The highest BCUT2D eigenvalue weighted by Crippen LogP contribution is 2.35. The Bertz CT molecular complexity index is 1740. The first-order chi connectivity index (χ1) is 17.1. The number of imidazole rings is 2. The summed E-state index contributed by atoms with van der Waals surface area (Å²) in [7, 11) is 1.63. The number of amides is 1. The summed E-state index contributed by atoms with van der Waals surface area (Å²) < 4.78 is 7.78. The van der Waals surface area contributed by atoms with Gasteiger partial charge in [0.05, 0.1) is 41.1 Å². The van der Waals surface area contributed by atoms with Crippen LogP contribution in [0.2, 0.25) is 0 Å².